The molecule has 0 bridgehead atoms. The molecule has 22 heavy (non-hydrogen) atoms. The Labute approximate surface area is 133 Å². The zero-order valence-electron chi connectivity index (χ0n) is 12.3. The zero-order chi connectivity index (χ0) is 14.9. The van der Waals surface area contributed by atoms with Gasteiger partial charge in [0.25, 0.3) is 0 Å². The number of carbonyl (C=O) groups excluding carboxylic acids is 1. The highest BCUT2D eigenvalue weighted by atomic mass is 32.1. The van der Waals surface area contributed by atoms with Crippen LogP contribution in [0.1, 0.15) is 35.2 Å². The Morgan fingerprint density at radius 1 is 1.50 bits per heavy atom. The maximum Gasteiger partial charge on any atom is 0.223 e. The van der Waals surface area contributed by atoms with E-state index in [4.69, 9.17) is 4.74 Å². The van der Waals surface area contributed by atoms with E-state index >= 15 is 0 Å². The number of imidazole rings is 1. The topological polar surface area (TPSA) is 56.1 Å². The van der Waals surface area contributed by atoms with Crippen molar-refractivity contribution < 1.29 is 9.53 Å². The van der Waals surface area contributed by atoms with Crippen LogP contribution in [0.2, 0.25) is 0 Å². The van der Waals surface area contributed by atoms with Gasteiger partial charge in [0, 0.05) is 36.3 Å². The van der Waals surface area contributed by atoms with Gasteiger partial charge in [0.15, 0.2) is 0 Å². The average molecular weight is 317 g/mol. The lowest BCUT2D eigenvalue weighted by atomic mass is 10.0. The Morgan fingerprint density at radius 2 is 2.45 bits per heavy atom. The Balaban J connectivity index is 1.36. The second-order valence-corrected chi connectivity index (χ2v) is 6.87. The largest absolute Gasteiger partial charge is 0.372 e. The molecule has 116 valence electrons. The number of fused-ring (bicyclic) bond motifs is 2. The van der Waals surface area contributed by atoms with Crippen LogP contribution in [0.3, 0.4) is 0 Å². The Bertz CT molecular complexity index is 678. The van der Waals surface area contributed by atoms with Gasteiger partial charge in [0.1, 0.15) is 11.9 Å². The van der Waals surface area contributed by atoms with Gasteiger partial charge in [0.2, 0.25) is 5.91 Å². The molecule has 0 fully saturated rings. The molecule has 0 spiro atoms. The van der Waals surface area contributed by atoms with Gasteiger partial charge in [0.05, 0.1) is 13.0 Å². The number of nitrogens with one attached hydrogen (secondary N) is 1. The molecule has 2 aliphatic heterocycles. The number of hydrogen-bond acceptors (Lipinski definition) is 4. The summed E-state index contributed by atoms with van der Waals surface area (Å²) in [5.41, 5.74) is 1.34. The van der Waals surface area contributed by atoms with E-state index < -0.39 is 0 Å². The summed E-state index contributed by atoms with van der Waals surface area (Å²) in [7, 11) is 0. The van der Waals surface area contributed by atoms with E-state index in [1.807, 2.05) is 12.4 Å². The van der Waals surface area contributed by atoms with Crippen LogP contribution in [0.5, 0.6) is 0 Å². The summed E-state index contributed by atoms with van der Waals surface area (Å²) in [6.45, 7) is 1.53. The number of thiophene rings is 1. The average Bonchev–Trinajstić information content (AvgIpc) is 3.15. The highest BCUT2D eigenvalue weighted by molar-refractivity contribution is 7.10. The normalized spacial score (nSPS) is 23.6. The lowest BCUT2D eigenvalue weighted by Gasteiger charge is -2.27. The van der Waals surface area contributed by atoms with Crippen LogP contribution >= 0.6 is 11.3 Å². The quantitative estimate of drug-likeness (QED) is 0.943. The number of rotatable bonds is 3. The fourth-order valence-corrected chi connectivity index (χ4v) is 4.32. The molecule has 2 atom stereocenters. The van der Waals surface area contributed by atoms with Crippen LogP contribution in [0.4, 0.5) is 0 Å². The minimum Gasteiger partial charge on any atom is -0.372 e. The third kappa shape index (κ3) is 2.68. The summed E-state index contributed by atoms with van der Waals surface area (Å²) in [4.78, 5) is 17.9. The Kier molecular flexibility index (Phi) is 3.72. The van der Waals surface area contributed by atoms with Crippen molar-refractivity contribution in [2.75, 3.05) is 6.61 Å². The van der Waals surface area contributed by atoms with Gasteiger partial charge in [-0.3, -0.25) is 4.79 Å². The molecule has 6 heteroatoms. The minimum atomic E-state index is -0.0730. The summed E-state index contributed by atoms with van der Waals surface area (Å²) >= 11 is 1.70. The maximum absolute atomic E-state index is 12.4. The van der Waals surface area contributed by atoms with Gasteiger partial charge in [-0.05, 0) is 29.9 Å². The molecule has 4 rings (SSSR count). The van der Waals surface area contributed by atoms with Crippen LogP contribution in [0, 0.1) is 0 Å². The number of aryl methyl sites for hydroxylation is 1. The number of ether oxygens (including phenoxy) is 1. The van der Waals surface area contributed by atoms with Gasteiger partial charge in [-0.2, -0.15) is 0 Å². The molecule has 0 saturated carbocycles. The number of hydrogen-bond donors (Lipinski definition) is 1. The Morgan fingerprint density at radius 3 is 3.41 bits per heavy atom. The van der Waals surface area contributed by atoms with Crippen molar-refractivity contribution in [3.8, 4) is 0 Å². The molecule has 0 aromatic carbocycles. The predicted octanol–water partition coefficient (Wildman–Crippen LogP) is 2.08. The molecule has 5 nitrogen and oxygen atoms in total. The van der Waals surface area contributed by atoms with Crippen molar-refractivity contribution in [1.82, 2.24) is 14.9 Å². The molecule has 2 aliphatic rings. The molecule has 0 aliphatic carbocycles. The molecule has 0 saturated heterocycles. The number of aromatic nitrogens is 2. The van der Waals surface area contributed by atoms with Gasteiger partial charge in [-0.1, -0.05) is 0 Å². The minimum absolute atomic E-state index is 0.0730. The van der Waals surface area contributed by atoms with Crippen LogP contribution in [-0.2, 0) is 28.9 Å². The first-order valence-corrected chi connectivity index (χ1v) is 8.65. The van der Waals surface area contributed by atoms with E-state index in [-0.39, 0.29) is 18.1 Å². The third-order valence-corrected chi connectivity index (χ3v) is 5.49. The molecule has 1 N–H and O–H groups in total. The van der Waals surface area contributed by atoms with Gasteiger partial charge < -0.3 is 14.6 Å². The molecular weight excluding hydrogens is 298 g/mol. The Hall–Kier alpha value is -1.66. The van der Waals surface area contributed by atoms with E-state index in [2.05, 4.69) is 26.3 Å². The predicted molar refractivity (Wildman–Crippen MR) is 83.8 cm³/mol. The lowest BCUT2D eigenvalue weighted by molar-refractivity contribution is -0.125. The summed E-state index contributed by atoms with van der Waals surface area (Å²) in [5.74, 6) is 1.20. The summed E-state index contributed by atoms with van der Waals surface area (Å²) in [6.07, 6.45) is 7.00. The van der Waals surface area contributed by atoms with E-state index in [1.54, 1.807) is 11.3 Å². The van der Waals surface area contributed by atoms with Crippen molar-refractivity contribution in [3.05, 3.63) is 40.1 Å². The van der Waals surface area contributed by atoms with Crippen LogP contribution in [0.15, 0.2) is 23.8 Å². The molecule has 1 amide bonds. The van der Waals surface area contributed by atoms with Crippen molar-refractivity contribution in [2.24, 2.45) is 0 Å². The van der Waals surface area contributed by atoms with Gasteiger partial charge >= 0.3 is 0 Å². The highest BCUT2D eigenvalue weighted by Gasteiger charge is 2.26. The lowest BCUT2D eigenvalue weighted by Crippen LogP contribution is -2.41. The molecule has 2 aromatic heterocycles. The summed E-state index contributed by atoms with van der Waals surface area (Å²) in [6, 6.07) is 2.34. The molecule has 0 radical (unpaired) electrons. The first-order valence-electron chi connectivity index (χ1n) is 7.77. The van der Waals surface area contributed by atoms with Crippen LogP contribution in [0.25, 0.3) is 0 Å². The van der Waals surface area contributed by atoms with E-state index in [0.29, 0.717) is 13.0 Å². The van der Waals surface area contributed by atoms with Crippen molar-refractivity contribution in [3.63, 3.8) is 0 Å². The van der Waals surface area contributed by atoms with Gasteiger partial charge in [-0.25, -0.2) is 4.98 Å². The zero-order valence-corrected chi connectivity index (χ0v) is 13.1. The number of amides is 1. The first-order chi connectivity index (χ1) is 10.8. The monoisotopic (exact) mass is 317 g/mol. The molecule has 4 heterocycles. The standard InChI is InChI=1S/C16H19N3O2S/c20-15(9-13-16-11(3-7-21-13)4-8-22-16)18-12-1-2-14-17-5-6-19(14)10-12/h4-6,8,12-13H,1-3,7,9-10H2,(H,18,20)/t12-,13+/m1/s1. The molecule has 0 unspecified atom stereocenters. The number of carbonyl (C=O) groups is 1. The fourth-order valence-electron chi connectivity index (χ4n) is 3.31. The first kappa shape index (κ1) is 14.0. The SMILES string of the molecule is O=C(C[C@@H]1OCCc2ccsc21)N[C@@H]1CCc2nccn2C1. The van der Waals surface area contributed by atoms with Crippen LogP contribution in [-0.4, -0.2) is 28.1 Å². The smallest absolute Gasteiger partial charge is 0.223 e. The summed E-state index contributed by atoms with van der Waals surface area (Å²) in [5, 5.41) is 5.25. The molecule has 2 aromatic rings. The van der Waals surface area contributed by atoms with E-state index in [1.165, 1.54) is 10.4 Å². The number of nitrogens with zero attached hydrogens (tertiary/aromatic N) is 2. The van der Waals surface area contributed by atoms with E-state index in [0.717, 1.165) is 31.6 Å². The second kappa shape index (κ2) is 5.85. The summed E-state index contributed by atoms with van der Waals surface area (Å²) < 4.78 is 7.93. The fraction of sp³-hybridized carbons (Fsp3) is 0.500. The van der Waals surface area contributed by atoms with Crippen molar-refractivity contribution in [1.29, 1.82) is 0 Å². The van der Waals surface area contributed by atoms with Crippen LogP contribution < -0.4 is 5.32 Å². The van der Waals surface area contributed by atoms with E-state index in [9.17, 15) is 4.79 Å². The highest BCUT2D eigenvalue weighted by Crippen LogP contribution is 2.33. The van der Waals surface area contributed by atoms with Gasteiger partial charge in [-0.15, -0.1) is 11.3 Å². The maximum atomic E-state index is 12.4. The van der Waals surface area contributed by atoms with Crippen molar-refractivity contribution >= 4 is 17.2 Å². The molecular formula is C16H19N3O2S. The van der Waals surface area contributed by atoms with Crippen molar-refractivity contribution in [2.45, 2.75) is 44.4 Å². The third-order valence-electron chi connectivity index (χ3n) is 4.43. The second-order valence-electron chi connectivity index (χ2n) is 5.92.